The Kier molecular flexibility index (Phi) is 9.08. The van der Waals surface area contributed by atoms with Crippen LogP contribution in [-0.4, -0.2) is 48.8 Å². The average Bonchev–Trinajstić information content (AvgIpc) is 2.68. The molecule has 176 valence electrons. The molecule has 1 aliphatic heterocycles. The summed E-state index contributed by atoms with van der Waals surface area (Å²) >= 11 is 1.67. The number of benzene rings is 1. The van der Waals surface area contributed by atoms with Crippen LogP contribution in [-0.2, 0) is 12.4 Å². The number of halogens is 6. The maximum Gasteiger partial charge on any atom is 0.416 e. The highest BCUT2D eigenvalue weighted by Crippen LogP contribution is 2.36. The third-order valence-electron chi connectivity index (χ3n) is 4.96. The zero-order valence-electron chi connectivity index (χ0n) is 17.4. The van der Waals surface area contributed by atoms with E-state index in [9.17, 15) is 31.1 Å². The molecule has 1 aromatic rings. The first-order valence-corrected chi connectivity index (χ1v) is 10.9. The van der Waals surface area contributed by atoms with Crippen LogP contribution in [0.3, 0.4) is 0 Å². The Bertz CT molecular complexity index is 698. The highest BCUT2D eigenvalue weighted by atomic mass is 32.2. The van der Waals surface area contributed by atoms with Crippen molar-refractivity contribution in [3.63, 3.8) is 0 Å². The predicted octanol–water partition coefficient (Wildman–Crippen LogP) is 4.81. The molecular weight excluding hydrogens is 444 g/mol. The van der Waals surface area contributed by atoms with Gasteiger partial charge in [-0.15, -0.1) is 0 Å². The summed E-state index contributed by atoms with van der Waals surface area (Å²) in [5.74, 6) is -0.806. The van der Waals surface area contributed by atoms with Gasteiger partial charge in [0.05, 0.1) is 11.1 Å². The van der Waals surface area contributed by atoms with Gasteiger partial charge in [0, 0.05) is 30.4 Å². The van der Waals surface area contributed by atoms with Crippen LogP contribution in [0, 0.1) is 5.92 Å². The van der Waals surface area contributed by atoms with Gasteiger partial charge < -0.3 is 10.2 Å². The first-order chi connectivity index (χ1) is 14.4. The molecule has 1 fully saturated rings. The fraction of sp³-hybridized carbons (Fsp3) is 0.650. The number of carbonyl (C=O) groups excluding carboxylic acids is 1. The number of piperidine rings is 1. The summed E-state index contributed by atoms with van der Waals surface area (Å²) in [6.45, 7) is 7.81. The largest absolute Gasteiger partial charge is 0.416 e. The number of rotatable bonds is 8. The van der Waals surface area contributed by atoms with Crippen LogP contribution in [0.15, 0.2) is 18.2 Å². The monoisotopic (exact) mass is 471 g/mol. The second kappa shape index (κ2) is 10.9. The van der Waals surface area contributed by atoms with Crippen molar-refractivity contribution in [1.29, 1.82) is 0 Å². The molecule has 4 nitrogen and oxygen atoms in total. The molecule has 0 radical (unpaired) electrons. The summed E-state index contributed by atoms with van der Waals surface area (Å²) in [6, 6.07) is 0.922. The van der Waals surface area contributed by atoms with Gasteiger partial charge in [0.2, 0.25) is 0 Å². The Morgan fingerprint density at radius 1 is 1.06 bits per heavy atom. The summed E-state index contributed by atoms with van der Waals surface area (Å²) in [6.07, 6.45) is -8.36. The smallest absolute Gasteiger partial charge is 0.352 e. The van der Waals surface area contributed by atoms with Gasteiger partial charge in [-0.2, -0.15) is 26.3 Å². The van der Waals surface area contributed by atoms with Crippen molar-refractivity contribution in [3.05, 3.63) is 34.9 Å². The van der Waals surface area contributed by atoms with Crippen molar-refractivity contribution in [1.82, 2.24) is 14.9 Å². The van der Waals surface area contributed by atoms with Crippen molar-refractivity contribution in [2.45, 2.75) is 44.3 Å². The van der Waals surface area contributed by atoms with Crippen LogP contribution in [0.2, 0.25) is 0 Å². The molecule has 1 amide bonds. The fourth-order valence-electron chi connectivity index (χ4n) is 3.27. The molecule has 0 aromatic heterocycles. The molecule has 2 N–H and O–H groups in total. The Morgan fingerprint density at radius 2 is 1.61 bits per heavy atom. The fourth-order valence-corrected chi connectivity index (χ4v) is 3.81. The third kappa shape index (κ3) is 8.53. The number of nitrogens with one attached hydrogen (secondary N) is 2. The highest BCUT2D eigenvalue weighted by molar-refractivity contribution is 7.97. The lowest BCUT2D eigenvalue weighted by atomic mass is 9.96. The maximum absolute atomic E-state index is 13.0. The molecule has 1 aliphatic rings. The van der Waals surface area contributed by atoms with Crippen molar-refractivity contribution in [2.24, 2.45) is 5.92 Å². The van der Waals surface area contributed by atoms with E-state index < -0.39 is 35.0 Å². The van der Waals surface area contributed by atoms with Crippen LogP contribution in [0.25, 0.3) is 0 Å². The van der Waals surface area contributed by atoms with E-state index in [-0.39, 0.29) is 18.5 Å². The van der Waals surface area contributed by atoms with E-state index >= 15 is 0 Å². The molecule has 0 aliphatic carbocycles. The van der Waals surface area contributed by atoms with Gasteiger partial charge in [-0.05, 0) is 50.0 Å². The number of hydrogen-bond donors (Lipinski definition) is 2. The lowest BCUT2D eigenvalue weighted by molar-refractivity contribution is -0.143. The molecule has 0 atom stereocenters. The van der Waals surface area contributed by atoms with Gasteiger partial charge in [-0.25, -0.2) is 0 Å². The van der Waals surface area contributed by atoms with Crippen LogP contribution in [0.1, 0.15) is 48.2 Å². The Balaban J connectivity index is 1.88. The molecule has 1 aromatic carbocycles. The lowest BCUT2D eigenvalue weighted by Crippen LogP contribution is -2.40. The number of likely N-dealkylation sites (tertiary alicyclic amines) is 1. The second-order valence-electron chi connectivity index (χ2n) is 7.85. The van der Waals surface area contributed by atoms with Crippen LogP contribution in [0.5, 0.6) is 0 Å². The van der Waals surface area contributed by atoms with Gasteiger partial charge >= 0.3 is 12.4 Å². The van der Waals surface area contributed by atoms with Crippen molar-refractivity contribution in [3.8, 4) is 0 Å². The topological polar surface area (TPSA) is 44.4 Å². The van der Waals surface area contributed by atoms with E-state index in [4.69, 9.17) is 0 Å². The zero-order chi connectivity index (χ0) is 23.2. The van der Waals surface area contributed by atoms with Gasteiger partial charge in [0.15, 0.2) is 0 Å². The minimum absolute atomic E-state index is 0.0149. The number of hydrogen-bond acceptors (Lipinski definition) is 4. The van der Waals surface area contributed by atoms with Crippen molar-refractivity contribution >= 4 is 17.9 Å². The summed E-state index contributed by atoms with van der Waals surface area (Å²) in [4.78, 5) is 14.6. The highest BCUT2D eigenvalue weighted by Gasteiger charge is 2.37. The molecular formula is C20H27F6N3OS. The maximum atomic E-state index is 13.0. The van der Waals surface area contributed by atoms with E-state index in [1.54, 1.807) is 11.9 Å². The summed E-state index contributed by atoms with van der Waals surface area (Å²) in [7, 11) is 0. The Morgan fingerprint density at radius 3 is 2.10 bits per heavy atom. The van der Waals surface area contributed by atoms with Gasteiger partial charge in [0.25, 0.3) is 5.91 Å². The Labute approximate surface area is 182 Å². The average molecular weight is 472 g/mol. The summed E-state index contributed by atoms with van der Waals surface area (Å²) in [5.41, 5.74) is -3.64. The lowest BCUT2D eigenvalue weighted by Gasteiger charge is -2.32. The molecule has 31 heavy (non-hydrogen) atoms. The second-order valence-corrected chi connectivity index (χ2v) is 9.32. The number of alkyl halides is 6. The minimum Gasteiger partial charge on any atom is -0.352 e. The number of nitrogens with zero attached hydrogens (tertiary/aromatic N) is 1. The molecule has 0 unspecified atom stereocenters. The van der Waals surface area contributed by atoms with E-state index in [1.165, 1.54) is 0 Å². The zero-order valence-corrected chi connectivity index (χ0v) is 18.2. The van der Waals surface area contributed by atoms with Gasteiger partial charge in [-0.1, -0.05) is 25.8 Å². The Hall–Kier alpha value is -1.46. The van der Waals surface area contributed by atoms with Crippen LogP contribution in [0.4, 0.5) is 26.3 Å². The van der Waals surface area contributed by atoms with Crippen LogP contribution >= 0.6 is 11.9 Å². The summed E-state index contributed by atoms with van der Waals surface area (Å²) in [5, 5.41) is 3.00. The molecule has 1 heterocycles. The van der Waals surface area contributed by atoms with E-state index in [2.05, 4.69) is 28.8 Å². The SMILES string of the molecule is CC(C)SNCCN1CCC(CNC(=O)c2cc(C(F)(F)F)cc(C(F)(F)F)c2)CC1. The molecule has 2 rings (SSSR count). The third-order valence-corrected chi connectivity index (χ3v) is 5.80. The molecule has 1 saturated heterocycles. The van der Waals surface area contributed by atoms with Crippen molar-refractivity contribution < 1.29 is 31.1 Å². The van der Waals surface area contributed by atoms with Gasteiger partial charge in [-0.3, -0.25) is 9.52 Å². The first-order valence-electron chi connectivity index (χ1n) is 10.0. The molecule has 11 heteroatoms. The molecule has 0 spiro atoms. The predicted molar refractivity (Wildman–Crippen MR) is 109 cm³/mol. The molecule has 0 bridgehead atoms. The molecule has 0 saturated carbocycles. The first kappa shape index (κ1) is 25.8. The van der Waals surface area contributed by atoms with Gasteiger partial charge in [0.1, 0.15) is 0 Å². The quantitative estimate of drug-likeness (QED) is 0.325. The van der Waals surface area contributed by atoms with E-state index in [0.29, 0.717) is 17.4 Å². The van der Waals surface area contributed by atoms with E-state index in [0.717, 1.165) is 39.0 Å². The summed E-state index contributed by atoms with van der Waals surface area (Å²) < 4.78 is 81.0. The standard InChI is InChI=1S/C20H27F6N3OS/c1-13(2)31-28-5-8-29-6-3-14(4-7-29)12-27-18(30)15-9-16(19(21,22)23)11-17(10-15)20(24,25)26/h9-11,13-14,28H,3-8,12H2,1-2H3,(H,27,30). The van der Waals surface area contributed by atoms with E-state index in [1.807, 2.05) is 0 Å². The number of carbonyl (C=O) groups is 1. The van der Waals surface area contributed by atoms with Crippen LogP contribution < -0.4 is 10.0 Å². The number of amides is 1. The normalized spacial score (nSPS) is 16.7. The minimum atomic E-state index is -4.98. The van der Waals surface area contributed by atoms with Crippen molar-refractivity contribution in [2.75, 3.05) is 32.7 Å².